The second kappa shape index (κ2) is 6.78. The van der Waals surface area contributed by atoms with Crippen LogP contribution in [-0.4, -0.2) is 12.1 Å². The van der Waals surface area contributed by atoms with E-state index in [-0.39, 0.29) is 0 Å². The van der Waals surface area contributed by atoms with E-state index >= 15 is 0 Å². The fourth-order valence-corrected chi connectivity index (χ4v) is 2.25. The Hall–Kier alpha value is -1.78. The summed E-state index contributed by atoms with van der Waals surface area (Å²) in [5.74, 6) is 1.48. The van der Waals surface area contributed by atoms with Gasteiger partial charge < -0.3 is 15.2 Å². The maximum Gasteiger partial charge on any atom is 0.125 e. The maximum absolute atomic E-state index is 6.01. The lowest BCUT2D eigenvalue weighted by Crippen LogP contribution is -2.09. The largest absolute Gasteiger partial charge is 0.496 e. The second-order valence-electron chi connectivity index (χ2n) is 4.59. The van der Waals surface area contributed by atoms with Gasteiger partial charge in [-0.3, -0.25) is 0 Å². The van der Waals surface area contributed by atoms with Crippen molar-refractivity contribution >= 4 is 28.8 Å². The van der Waals surface area contributed by atoms with Crippen molar-refractivity contribution in [2.75, 3.05) is 7.11 Å². The highest BCUT2D eigenvalue weighted by atomic mass is 35.5. The molecule has 3 nitrogen and oxygen atoms in total. The Bertz CT molecular complexity index is 673. The minimum absolute atomic E-state index is 0.347. The van der Waals surface area contributed by atoms with Gasteiger partial charge in [0.1, 0.15) is 23.1 Å². The lowest BCUT2D eigenvalue weighted by molar-refractivity contribution is 0.295. The molecule has 0 amide bonds. The van der Waals surface area contributed by atoms with Crippen LogP contribution in [0.5, 0.6) is 11.5 Å². The van der Waals surface area contributed by atoms with Gasteiger partial charge in [0.25, 0.3) is 0 Å². The third-order valence-electron chi connectivity index (χ3n) is 3.10. The van der Waals surface area contributed by atoms with Crippen LogP contribution < -0.4 is 15.2 Å². The van der Waals surface area contributed by atoms with Crippen LogP contribution in [0.3, 0.4) is 0 Å². The van der Waals surface area contributed by atoms with Crippen LogP contribution >= 0.6 is 23.8 Å². The number of hydrogen-bond acceptors (Lipinski definition) is 3. The van der Waals surface area contributed by atoms with Gasteiger partial charge in [0.05, 0.1) is 7.11 Å². The lowest BCUT2D eigenvalue weighted by Gasteiger charge is -2.13. The highest BCUT2D eigenvalue weighted by Crippen LogP contribution is 2.26. The Morgan fingerprint density at radius 3 is 2.62 bits per heavy atom. The third-order valence-corrected chi connectivity index (χ3v) is 3.57. The molecule has 21 heavy (non-hydrogen) atoms. The average Bonchev–Trinajstić information content (AvgIpc) is 2.46. The number of benzene rings is 2. The van der Waals surface area contributed by atoms with E-state index in [1.807, 2.05) is 37.3 Å². The Morgan fingerprint density at radius 1 is 1.19 bits per heavy atom. The number of thiocarbonyl (C=S) groups is 1. The van der Waals surface area contributed by atoms with Crippen LogP contribution in [0.25, 0.3) is 0 Å². The van der Waals surface area contributed by atoms with Crippen LogP contribution in [0.2, 0.25) is 5.02 Å². The first-order chi connectivity index (χ1) is 10.0. The molecule has 0 atom stereocenters. The van der Waals surface area contributed by atoms with Crippen LogP contribution in [0.4, 0.5) is 0 Å². The fraction of sp³-hybridized carbons (Fsp3) is 0.188. The van der Waals surface area contributed by atoms with E-state index in [2.05, 4.69) is 0 Å². The Kier molecular flexibility index (Phi) is 5.04. The van der Waals surface area contributed by atoms with E-state index in [0.29, 0.717) is 16.6 Å². The van der Waals surface area contributed by atoms with Crippen molar-refractivity contribution in [3.63, 3.8) is 0 Å². The molecule has 0 heterocycles. The van der Waals surface area contributed by atoms with Gasteiger partial charge in [0.15, 0.2) is 0 Å². The minimum Gasteiger partial charge on any atom is -0.496 e. The molecule has 0 unspecified atom stereocenters. The van der Waals surface area contributed by atoms with Gasteiger partial charge in [0, 0.05) is 16.1 Å². The number of aryl methyl sites for hydroxylation is 1. The minimum atomic E-state index is 0.347. The van der Waals surface area contributed by atoms with Gasteiger partial charge in [-0.05, 0) is 36.8 Å². The SMILES string of the molecule is COc1ccc(Cl)cc1COc1cc(C(N)=S)ccc1C. The molecule has 2 rings (SSSR count). The molecule has 110 valence electrons. The standard InChI is InChI=1S/C16H16ClNO2S/c1-10-3-4-11(16(18)21)8-15(10)20-9-12-7-13(17)5-6-14(12)19-2/h3-8H,9H2,1-2H3,(H2,18,21). The molecule has 0 saturated carbocycles. The summed E-state index contributed by atoms with van der Waals surface area (Å²) in [5, 5.41) is 0.642. The smallest absolute Gasteiger partial charge is 0.125 e. The van der Waals surface area contributed by atoms with E-state index in [0.717, 1.165) is 28.2 Å². The summed E-state index contributed by atoms with van der Waals surface area (Å²) in [4.78, 5) is 0.347. The van der Waals surface area contributed by atoms with E-state index < -0.39 is 0 Å². The van der Waals surface area contributed by atoms with Crippen molar-refractivity contribution in [3.05, 3.63) is 58.1 Å². The van der Waals surface area contributed by atoms with Gasteiger partial charge in [-0.15, -0.1) is 0 Å². The predicted molar refractivity (Wildman–Crippen MR) is 89.4 cm³/mol. The molecule has 5 heteroatoms. The van der Waals surface area contributed by atoms with E-state index in [9.17, 15) is 0 Å². The highest BCUT2D eigenvalue weighted by molar-refractivity contribution is 7.80. The molecule has 0 aromatic heterocycles. The normalized spacial score (nSPS) is 10.2. The molecule has 0 aliphatic heterocycles. The molecule has 0 radical (unpaired) electrons. The molecule has 2 aromatic carbocycles. The zero-order chi connectivity index (χ0) is 15.4. The van der Waals surface area contributed by atoms with Gasteiger partial charge in [-0.1, -0.05) is 36.0 Å². The zero-order valence-electron chi connectivity index (χ0n) is 11.9. The van der Waals surface area contributed by atoms with Crippen molar-refractivity contribution < 1.29 is 9.47 Å². The number of halogens is 1. The topological polar surface area (TPSA) is 44.5 Å². The Morgan fingerprint density at radius 2 is 1.95 bits per heavy atom. The zero-order valence-corrected chi connectivity index (χ0v) is 13.4. The molecule has 2 N–H and O–H groups in total. The first-order valence-corrected chi connectivity index (χ1v) is 7.15. The first-order valence-electron chi connectivity index (χ1n) is 6.37. The van der Waals surface area contributed by atoms with Crippen LogP contribution in [0, 0.1) is 6.92 Å². The monoisotopic (exact) mass is 321 g/mol. The summed E-state index contributed by atoms with van der Waals surface area (Å²) in [6.07, 6.45) is 0. The molecule has 0 saturated heterocycles. The van der Waals surface area contributed by atoms with Crippen LogP contribution in [0.15, 0.2) is 36.4 Å². The predicted octanol–water partition coefficient (Wildman–Crippen LogP) is 3.87. The molecular weight excluding hydrogens is 306 g/mol. The molecule has 0 aliphatic carbocycles. The van der Waals surface area contributed by atoms with Crippen molar-refractivity contribution in [2.45, 2.75) is 13.5 Å². The summed E-state index contributed by atoms with van der Waals surface area (Å²) in [7, 11) is 1.62. The van der Waals surface area contributed by atoms with Crippen molar-refractivity contribution in [2.24, 2.45) is 5.73 Å². The third kappa shape index (κ3) is 3.86. The molecule has 2 aromatic rings. The number of hydrogen-bond donors (Lipinski definition) is 1. The molecule has 0 bridgehead atoms. The van der Waals surface area contributed by atoms with Crippen molar-refractivity contribution in [1.82, 2.24) is 0 Å². The Balaban J connectivity index is 2.22. The van der Waals surface area contributed by atoms with Gasteiger partial charge in [-0.2, -0.15) is 0 Å². The summed E-state index contributed by atoms with van der Waals surface area (Å²) in [6.45, 7) is 2.32. The average molecular weight is 322 g/mol. The van der Waals surface area contributed by atoms with Gasteiger partial charge in [0.2, 0.25) is 0 Å². The fourth-order valence-electron chi connectivity index (χ4n) is 1.92. The number of rotatable bonds is 5. The van der Waals surface area contributed by atoms with E-state index in [1.165, 1.54) is 0 Å². The maximum atomic E-state index is 6.01. The number of nitrogens with two attached hydrogens (primary N) is 1. The first kappa shape index (κ1) is 15.6. The van der Waals surface area contributed by atoms with Gasteiger partial charge in [-0.25, -0.2) is 0 Å². The van der Waals surface area contributed by atoms with E-state index in [1.54, 1.807) is 13.2 Å². The van der Waals surface area contributed by atoms with Crippen LogP contribution in [0.1, 0.15) is 16.7 Å². The van der Waals surface area contributed by atoms with Gasteiger partial charge >= 0.3 is 0 Å². The van der Waals surface area contributed by atoms with Crippen LogP contribution in [-0.2, 0) is 6.61 Å². The van der Waals surface area contributed by atoms with Crippen molar-refractivity contribution in [1.29, 1.82) is 0 Å². The lowest BCUT2D eigenvalue weighted by atomic mass is 10.1. The molecule has 0 spiro atoms. The second-order valence-corrected chi connectivity index (χ2v) is 5.47. The number of ether oxygens (including phenoxy) is 2. The summed E-state index contributed by atoms with van der Waals surface area (Å²) in [5.41, 5.74) is 8.32. The highest BCUT2D eigenvalue weighted by Gasteiger charge is 2.08. The summed E-state index contributed by atoms with van der Waals surface area (Å²) < 4.78 is 11.2. The number of methoxy groups -OCH3 is 1. The molecule has 0 aliphatic rings. The molecule has 0 fully saturated rings. The van der Waals surface area contributed by atoms with Crippen molar-refractivity contribution in [3.8, 4) is 11.5 Å². The summed E-state index contributed by atoms with van der Waals surface area (Å²) in [6, 6.07) is 11.1. The Labute approximate surface area is 134 Å². The van der Waals surface area contributed by atoms with E-state index in [4.69, 9.17) is 39.0 Å². The molecular formula is C16H16ClNO2S. The quantitative estimate of drug-likeness (QED) is 0.849. The summed E-state index contributed by atoms with van der Waals surface area (Å²) >= 11 is 11.0.